The van der Waals surface area contributed by atoms with Gasteiger partial charge in [-0.25, -0.2) is 4.79 Å². The topological polar surface area (TPSA) is 87.7 Å². The van der Waals surface area contributed by atoms with Crippen LogP contribution in [0.4, 0.5) is 4.79 Å². The van der Waals surface area contributed by atoms with Crippen LogP contribution >= 0.6 is 0 Å². The minimum Gasteiger partial charge on any atom is -0.444 e. The number of hydrogen-bond donors (Lipinski definition) is 2. The fraction of sp³-hybridized carbons (Fsp3) is 0.560. The molecule has 0 heterocycles. The smallest absolute Gasteiger partial charge is 0.408 e. The van der Waals surface area contributed by atoms with E-state index < -0.39 is 29.2 Å². The van der Waals surface area contributed by atoms with Crippen molar-refractivity contribution in [1.29, 1.82) is 0 Å². The van der Waals surface area contributed by atoms with Gasteiger partial charge in [0.1, 0.15) is 18.2 Å². The van der Waals surface area contributed by atoms with Crippen LogP contribution in [0.25, 0.3) is 0 Å². The molecule has 7 nitrogen and oxygen atoms in total. The van der Waals surface area contributed by atoms with E-state index in [1.807, 2.05) is 34.6 Å². The van der Waals surface area contributed by atoms with Gasteiger partial charge in [0.05, 0.1) is 0 Å². The van der Waals surface area contributed by atoms with Crippen LogP contribution in [0.5, 0.6) is 0 Å². The zero-order valence-corrected chi connectivity index (χ0v) is 20.5. The molecule has 0 aliphatic heterocycles. The molecule has 2 unspecified atom stereocenters. The quantitative estimate of drug-likeness (QED) is 0.628. The van der Waals surface area contributed by atoms with Gasteiger partial charge in [0.15, 0.2) is 0 Å². The molecular weight excluding hydrogens is 406 g/mol. The van der Waals surface area contributed by atoms with E-state index in [2.05, 4.69) is 16.6 Å². The first-order valence-electron chi connectivity index (χ1n) is 10.9. The Morgan fingerprint density at radius 3 is 2.22 bits per heavy atom. The first-order valence-corrected chi connectivity index (χ1v) is 10.9. The van der Waals surface area contributed by atoms with Gasteiger partial charge in [0.2, 0.25) is 11.8 Å². The predicted molar refractivity (Wildman–Crippen MR) is 126 cm³/mol. The van der Waals surface area contributed by atoms with Gasteiger partial charge in [-0.1, -0.05) is 31.0 Å². The molecule has 0 bridgehead atoms. The molecule has 32 heavy (non-hydrogen) atoms. The Kier molecular flexibility index (Phi) is 9.32. The highest BCUT2D eigenvalue weighted by Crippen LogP contribution is 2.28. The van der Waals surface area contributed by atoms with E-state index in [4.69, 9.17) is 11.2 Å². The number of carbonyl (C=O) groups excluding carboxylic acids is 3. The summed E-state index contributed by atoms with van der Waals surface area (Å²) in [4.78, 5) is 40.3. The van der Waals surface area contributed by atoms with Crippen molar-refractivity contribution >= 4 is 17.9 Å². The lowest BCUT2D eigenvalue weighted by Crippen LogP contribution is -2.53. The maximum absolute atomic E-state index is 13.4. The average molecular weight is 444 g/mol. The number of rotatable bonds is 7. The number of benzene rings is 1. The third-order valence-corrected chi connectivity index (χ3v) is 4.57. The Morgan fingerprint density at radius 1 is 1.12 bits per heavy atom. The second-order valence-electron chi connectivity index (χ2n) is 9.79. The van der Waals surface area contributed by atoms with E-state index in [-0.39, 0.29) is 18.5 Å². The van der Waals surface area contributed by atoms with E-state index in [1.165, 1.54) is 4.90 Å². The van der Waals surface area contributed by atoms with Crippen molar-refractivity contribution in [3.05, 3.63) is 35.4 Å². The summed E-state index contributed by atoms with van der Waals surface area (Å²) in [5.41, 5.74) is -0.116. The molecular formula is C25H37N3O4. The average Bonchev–Trinajstić information content (AvgIpc) is 2.66. The fourth-order valence-electron chi connectivity index (χ4n) is 3.12. The summed E-state index contributed by atoms with van der Waals surface area (Å²) in [5, 5.41) is 5.46. The van der Waals surface area contributed by atoms with Gasteiger partial charge >= 0.3 is 6.09 Å². The van der Waals surface area contributed by atoms with Crippen molar-refractivity contribution in [3.8, 4) is 12.3 Å². The number of terminal acetylenes is 1. The number of nitrogens with zero attached hydrogens (tertiary/aromatic N) is 1. The minimum atomic E-state index is -0.954. The van der Waals surface area contributed by atoms with Crippen LogP contribution in [0.1, 0.15) is 79.0 Å². The Balaban J connectivity index is 3.38. The number of carbonyl (C=O) groups is 3. The van der Waals surface area contributed by atoms with Crippen molar-refractivity contribution in [1.82, 2.24) is 15.5 Å². The third kappa shape index (κ3) is 8.26. The fourth-order valence-corrected chi connectivity index (χ4v) is 3.12. The van der Waals surface area contributed by atoms with Gasteiger partial charge < -0.3 is 20.3 Å². The molecule has 1 rings (SSSR count). The molecule has 0 spiro atoms. The summed E-state index contributed by atoms with van der Waals surface area (Å²) in [6.45, 7) is 14.3. The number of ether oxygens (including phenoxy) is 1. The maximum Gasteiger partial charge on any atom is 0.408 e. The minimum absolute atomic E-state index is 0.288. The van der Waals surface area contributed by atoms with E-state index in [0.717, 1.165) is 0 Å². The van der Waals surface area contributed by atoms with Crippen molar-refractivity contribution in [2.24, 2.45) is 0 Å². The predicted octanol–water partition coefficient (Wildman–Crippen LogP) is 3.78. The third-order valence-electron chi connectivity index (χ3n) is 4.57. The Labute approximate surface area is 192 Å². The molecule has 0 saturated heterocycles. The molecule has 0 aliphatic rings. The zero-order chi connectivity index (χ0) is 24.7. The molecule has 3 amide bonds. The van der Waals surface area contributed by atoms with Crippen molar-refractivity contribution in [2.45, 2.75) is 85.0 Å². The van der Waals surface area contributed by atoms with Gasteiger partial charge in [0, 0.05) is 17.1 Å². The SMILES string of the molecule is C#Cc1ccccc1C(C(=O)NC(C)(C)C)N(C(=O)CNC(=O)OC(C)(C)C)C(C)CC. The monoisotopic (exact) mass is 443 g/mol. The van der Waals surface area contributed by atoms with Crippen LogP contribution in [-0.2, 0) is 14.3 Å². The van der Waals surface area contributed by atoms with Gasteiger partial charge in [-0.15, -0.1) is 6.42 Å². The highest BCUT2D eigenvalue weighted by Gasteiger charge is 2.36. The molecule has 176 valence electrons. The maximum atomic E-state index is 13.4. The first-order chi connectivity index (χ1) is 14.7. The van der Waals surface area contributed by atoms with Gasteiger partial charge in [0.25, 0.3) is 0 Å². The van der Waals surface area contributed by atoms with Crippen LogP contribution in [0, 0.1) is 12.3 Å². The second-order valence-corrected chi connectivity index (χ2v) is 9.79. The molecule has 0 saturated carbocycles. The molecule has 2 atom stereocenters. The lowest BCUT2D eigenvalue weighted by molar-refractivity contribution is -0.143. The van der Waals surface area contributed by atoms with Gasteiger partial charge in [-0.3, -0.25) is 9.59 Å². The van der Waals surface area contributed by atoms with Crippen LogP contribution < -0.4 is 10.6 Å². The van der Waals surface area contributed by atoms with Gasteiger partial charge in [-0.2, -0.15) is 0 Å². The van der Waals surface area contributed by atoms with Crippen LogP contribution in [-0.4, -0.2) is 46.5 Å². The van der Waals surface area contributed by atoms with Crippen molar-refractivity contribution in [2.75, 3.05) is 6.54 Å². The number of nitrogens with one attached hydrogen (secondary N) is 2. The summed E-state index contributed by atoms with van der Waals surface area (Å²) >= 11 is 0. The van der Waals surface area contributed by atoms with E-state index in [9.17, 15) is 14.4 Å². The van der Waals surface area contributed by atoms with Gasteiger partial charge in [-0.05, 0) is 66.5 Å². The summed E-state index contributed by atoms with van der Waals surface area (Å²) in [6.07, 6.45) is 5.61. The number of hydrogen-bond acceptors (Lipinski definition) is 4. The lowest BCUT2D eigenvalue weighted by atomic mass is 9.95. The highest BCUT2D eigenvalue weighted by molar-refractivity contribution is 5.91. The zero-order valence-electron chi connectivity index (χ0n) is 20.5. The van der Waals surface area contributed by atoms with Crippen molar-refractivity contribution < 1.29 is 19.1 Å². The van der Waals surface area contributed by atoms with E-state index in [0.29, 0.717) is 17.5 Å². The Bertz CT molecular complexity index is 859. The molecule has 1 aromatic carbocycles. The van der Waals surface area contributed by atoms with E-state index >= 15 is 0 Å². The summed E-state index contributed by atoms with van der Waals surface area (Å²) in [7, 11) is 0. The normalized spacial score (nSPS) is 13.3. The van der Waals surface area contributed by atoms with Crippen LogP contribution in [0.15, 0.2) is 24.3 Å². The highest BCUT2D eigenvalue weighted by atomic mass is 16.6. The molecule has 0 aliphatic carbocycles. The van der Waals surface area contributed by atoms with Crippen LogP contribution in [0.2, 0.25) is 0 Å². The largest absolute Gasteiger partial charge is 0.444 e. The molecule has 0 aromatic heterocycles. The van der Waals surface area contributed by atoms with Crippen LogP contribution in [0.3, 0.4) is 0 Å². The van der Waals surface area contributed by atoms with E-state index in [1.54, 1.807) is 45.0 Å². The molecule has 0 radical (unpaired) electrons. The Hall–Kier alpha value is -3.01. The molecule has 1 aromatic rings. The lowest BCUT2D eigenvalue weighted by Gasteiger charge is -2.37. The molecule has 0 fully saturated rings. The molecule has 7 heteroatoms. The summed E-state index contributed by atoms with van der Waals surface area (Å²) in [6, 6.07) is 5.83. The van der Waals surface area contributed by atoms with Crippen molar-refractivity contribution in [3.63, 3.8) is 0 Å². The number of amides is 3. The molecule has 2 N–H and O–H groups in total. The Morgan fingerprint density at radius 2 is 1.72 bits per heavy atom. The standard InChI is InChI=1S/C25H37N3O4/c1-10-17(3)28(20(29)16-26-23(31)32-25(7,8)9)21(22(30)27-24(4,5)6)19-15-13-12-14-18(19)11-2/h2,12-15,17,21H,10,16H2,1,3-9H3,(H,26,31)(H,27,30). The number of alkyl carbamates (subject to hydrolysis) is 1. The summed E-state index contributed by atoms with van der Waals surface area (Å²) < 4.78 is 5.22. The second kappa shape index (κ2) is 11.0. The summed E-state index contributed by atoms with van der Waals surface area (Å²) in [5.74, 6) is 1.86. The first kappa shape index (κ1) is 27.0.